The van der Waals surface area contributed by atoms with Crippen molar-refractivity contribution in [1.82, 2.24) is 9.55 Å². The summed E-state index contributed by atoms with van der Waals surface area (Å²) in [6, 6.07) is 41.9. The van der Waals surface area contributed by atoms with E-state index in [1.54, 1.807) is 0 Å². The van der Waals surface area contributed by atoms with E-state index in [0.29, 0.717) is 0 Å². The van der Waals surface area contributed by atoms with Gasteiger partial charge in [-0.3, -0.25) is 4.98 Å². The standard InChI is InChI=1S/C36H26N2/c1-36(2)28-13-5-3-11-26(28)35-33-24(10-9-14-29(33)36)22-32-34(35)27-12-4-6-16-31(27)38(32)25-19-17-23(18-20-25)30-15-7-8-21-37-30/h3-22H,1-2H3. The predicted octanol–water partition coefficient (Wildman–Crippen LogP) is 9.31. The zero-order valence-electron chi connectivity index (χ0n) is 21.4. The van der Waals surface area contributed by atoms with Crippen molar-refractivity contribution in [3.63, 3.8) is 0 Å². The van der Waals surface area contributed by atoms with Gasteiger partial charge in [0.15, 0.2) is 0 Å². The second kappa shape index (κ2) is 7.66. The van der Waals surface area contributed by atoms with Crippen LogP contribution in [0.5, 0.6) is 0 Å². The number of rotatable bonds is 2. The smallest absolute Gasteiger partial charge is 0.0701 e. The van der Waals surface area contributed by atoms with Crippen LogP contribution in [0.25, 0.3) is 60.6 Å². The van der Waals surface area contributed by atoms with E-state index in [-0.39, 0.29) is 5.41 Å². The summed E-state index contributed by atoms with van der Waals surface area (Å²) < 4.78 is 2.43. The van der Waals surface area contributed by atoms with E-state index in [1.807, 2.05) is 18.3 Å². The molecule has 0 amide bonds. The summed E-state index contributed by atoms with van der Waals surface area (Å²) in [5, 5.41) is 5.30. The Bertz CT molecular complexity index is 2030. The second-order valence-corrected chi connectivity index (χ2v) is 10.8. The summed E-state index contributed by atoms with van der Waals surface area (Å²) >= 11 is 0. The average Bonchev–Trinajstić information content (AvgIpc) is 3.29. The first-order chi connectivity index (χ1) is 18.6. The fraction of sp³-hybridized carbons (Fsp3) is 0.0833. The molecule has 1 aliphatic carbocycles. The zero-order valence-corrected chi connectivity index (χ0v) is 21.4. The first-order valence-corrected chi connectivity index (χ1v) is 13.2. The Kier molecular flexibility index (Phi) is 4.31. The van der Waals surface area contributed by atoms with Crippen molar-refractivity contribution in [3.8, 4) is 28.1 Å². The van der Waals surface area contributed by atoms with Gasteiger partial charge in [-0.05, 0) is 63.9 Å². The molecule has 5 aromatic carbocycles. The molecule has 0 radical (unpaired) electrons. The number of aromatic nitrogens is 2. The van der Waals surface area contributed by atoms with Gasteiger partial charge in [-0.25, -0.2) is 0 Å². The monoisotopic (exact) mass is 486 g/mol. The minimum atomic E-state index is -0.0591. The highest BCUT2D eigenvalue weighted by Gasteiger charge is 2.35. The number of fused-ring (bicyclic) bond motifs is 6. The largest absolute Gasteiger partial charge is 0.309 e. The van der Waals surface area contributed by atoms with Crippen LogP contribution in [-0.4, -0.2) is 9.55 Å². The van der Waals surface area contributed by atoms with E-state index in [9.17, 15) is 0 Å². The molecule has 0 fully saturated rings. The predicted molar refractivity (Wildman–Crippen MR) is 159 cm³/mol. The van der Waals surface area contributed by atoms with Crippen molar-refractivity contribution in [3.05, 3.63) is 133 Å². The number of hydrogen-bond acceptors (Lipinski definition) is 1. The lowest BCUT2D eigenvalue weighted by Crippen LogP contribution is -2.23. The lowest BCUT2D eigenvalue weighted by atomic mass is 9.68. The minimum Gasteiger partial charge on any atom is -0.309 e. The van der Waals surface area contributed by atoms with Gasteiger partial charge in [0.2, 0.25) is 0 Å². The van der Waals surface area contributed by atoms with Crippen LogP contribution in [0.15, 0.2) is 121 Å². The maximum absolute atomic E-state index is 4.54. The molecule has 2 nitrogen and oxygen atoms in total. The van der Waals surface area contributed by atoms with E-state index < -0.39 is 0 Å². The number of para-hydroxylation sites is 1. The summed E-state index contributed by atoms with van der Waals surface area (Å²) in [6.45, 7) is 4.72. The quantitative estimate of drug-likeness (QED) is 0.238. The third-order valence-electron chi connectivity index (χ3n) is 8.43. The van der Waals surface area contributed by atoms with Crippen LogP contribution in [-0.2, 0) is 5.41 Å². The SMILES string of the molecule is CC1(C)c2ccccc2-c2c3c1cccc3cc1c2c2ccccc2n1-c1ccc(-c2ccccn2)cc1. The Morgan fingerprint density at radius 2 is 1.39 bits per heavy atom. The van der Waals surface area contributed by atoms with Crippen molar-refractivity contribution in [1.29, 1.82) is 0 Å². The molecular weight excluding hydrogens is 460 g/mol. The Morgan fingerprint density at radius 1 is 0.632 bits per heavy atom. The normalized spacial score (nSPS) is 13.7. The summed E-state index contributed by atoms with van der Waals surface area (Å²) in [4.78, 5) is 4.54. The maximum atomic E-state index is 4.54. The number of hydrogen-bond donors (Lipinski definition) is 0. The van der Waals surface area contributed by atoms with Gasteiger partial charge in [0.1, 0.15) is 0 Å². The van der Waals surface area contributed by atoms with Crippen molar-refractivity contribution >= 4 is 32.6 Å². The lowest BCUT2D eigenvalue weighted by Gasteiger charge is -2.35. The molecule has 0 bridgehead atoms. The van der Waals surface area contributed by atoms with Gasteiger partial charge in [0.25, 0.3) is 0 Å². The van der Waals surface area contributed by atoms with E-state index in [4.69, 9.17) is 0 Å². The zero-order chi connectivity index (χ0) is 25.4. The molecule has 0 N–H and O–H groups in total. The van der Waals surface area contributed by atoms with Gasteiger partial charge in [-0.2, -0.15) is 0 Å². The fourth-order valence-electron chi connectivity index (χ4n) is 6.68. The highest BCUT2D eigenvalue weighted by atomic mass is 15.0. The van der Waals surface area contributed by atoms with Crippen molar-refractivity contribution in [2.24, 2.45) is 0 Å². The van der Waals surface area contributed by atoms with Crippen LogP contribution >= 0.6 is 0 Å². The molecule has 2 heterocycles. The van der Waals surface area contributed by atoms with Gasteiger partial charge < -0.3 is 4.57 Å². The topological polar surface area (TPSA) is 17.8 Å². The maximum Gasteiger partial charge on any atom is 0.0701 e. The summed E-state index contributed by atoms with van der Waals surface area (Å²) in [5.41, 5.74) is 11.2. The Labute approximate surface area is 221 Å². The Hall–Kier alpha value is -4.69. The molecule has 180 valence electrons. The Morgan fingerprint density at radius 3 is 2.24 bits per heavy atom. The van der Waals surface area contributed by atoms with Crippen molar-refractivity contribution in [2.45, 2.75) is 19.3 Å². The number of nitrogens with zero attached hydrogens (tertiary/aromatic N) is 2. The highest BCUT2D eigenvalue weighted by Crippen LogP contribution is 2.52. The van der Waals surface area contributed by atoms with Crippen LogP contribution in [0.2, 0.25) is 0 Å². The molecule has 0 atom stereocenters. The molecular formula is C36H26N2. The van der Waals surface area contributed by atoms with E-state index in [1.165, 1.54) is 54.8 Å². The Balaban J connectivity index is 1.50. The molecule has 1 aliphatic rings. The second-order valence-electron chi connectivity index (χ2n) is 10.8. The molecule has 0 saturated heterocycles. The van der Waals surface area contributed by atoms with Crippen LogP contribution in [0.4, 0.5) is 0 Å². The molecule has 0 spiro atoms. The van der Waals surface area contributed by atoms with Gasteiger partial charge in [0, 0.05) is 39.2 Å². The van der Waals surface area contributed by atoms with E-state index in [2.05, 4.69) is 127 Å². The summed E-state index contributed by atoms with van der Waals surface area (Å²) in [6.07, 6.45) is 1.85. The molecule has 0 saturated carbocycles. The minimum absolute atomic E-state index is 0.0591. The fourth-order valence-corrected chi connectivity index (χ4v) is 6.68. The van der Waals surface area contributed by atoms with E-state index >= 15 is 0 Å². The molecule has 7 aromatic rings. The highest BCUT2D eigenvalue weighted by molar-refractivity contribution is 6.24. The molecule has 38 heavy (non-hydrogen) atoms. The first kappa shape index (κ1) is 21.4. The van der Waals surface area contributed by atoms with Crippen LogP contribution in [0, 0.1) is 0 Å². The van der Waals surface area contributed by atoms with Crippen LogP contribution in [0.1, 0.15) is 25.0 Å². The molecule has 0 unspecified atom stereocenters. The van der Waals surface area contributed by atoms with Gasteiger partial charge in [-0.15, -0.1) is 0 Å². The molecule has 2 heteroatoms. The van der Waals surface area contributed by atoms with Crippen molar-refractivity contribution < 1.29 is 0 Å². The van der Waals surface area contributed by atoms with Gasteiger partial charge in [-0.1, -0.05) is 92.7 Å². The molecule has 2 aromatic heterocycles. The van der Waals surface area contributed by atoms with Crippen LogP contribution < -0.4 is 0 Å². The van der Waals surface area contributed by atoms with Gasteiger partial charge >= 0.3 is 0 Å². The third kappa shape index (κ3) is 2.80. The van der Waals surface area contributed by atoms with Crippen molar-refractivity contribution in [2.75, 3.05) is 0 Å². The summed E-state index contributed by atoms with van der Waals surface area (Å²) in [7, 11) is 0. The van der Waals surface area contributed by atoms with Gasteiger partial charge in [0.05, 0.1) is 16.7 Å². The lowest BCUT2D eigenvalue weighted by molar-refractivity contribution is 0.645. The van der Waals surface area contributed by atoms with E-state index in [0.717, 1.165) is 16.9 Å². The number of benzene rings is 5. The van der Waals surface area contributed by atoms with Crippen LogP contribution in [0.3, 0.4) is 0 Å². The first-order valence-electron chi connectivity index (χ1n) is 13.2. The number of pyridine rings is 1. The average molecular weight is 487 g/mol. The molecule has 0 aliphatic heterocycles. The third-order valence-corrected chi connectivity index (χ3v) is 8.43. The molecule has 8 rings (SSSR count). The summed E-state index contributed by atoms with van der Waals surface area (Å²) in [5.74, 6) is 0.